The van der Waals surface area contributed by atoms with Crippen LogP contribution in [0.4, 0.5) is 0 Å². The van der Waals surface area contributed by atoms with Crippen molar-refractivity contribution >= 4 is 65.0 Å². The molecule has 2 heterocycles. The minimum absolute atomic E-state index is 0.702. The van der Waals surface area contributed by atoms with Gasteiger partial charge in [-0.3, -0.25) is 0 Å². The van der Waals surface area contributed by atoms with Gasteiger partial charge in [-0.1, -0.05) is 170 Å². The van der Waals surface area contributed by atoms with Crippen LogP contribution in [0.25, 0.3) is 121 Å². The number of furan rings is 1. The highest BCUT2D eigenvalue weighted by atomic mass is 16.3. The lowest BCUT2D eigenvalue weighted by Crippen LogP contribution is -1.96. The third-order valence-electron chi connectivity index (χ3n) is 11.9. The molecule has 2 aromatic heterocycles. The molecule has 0 amide bonds. The first kappa shape index (κ1) is 33.3. The zero-order chi connectivity index (χ0) is 38.9. The second kappa shape index (κ2) is 13.4. The van der Waals surface area contributed by atoms with E-state index in [9.17, 15) is 0 Å². The van der Waals surface area contributed by atoms with E-state index >= 15 is 0 Å². The van der Waals surface area contributed by atoms with Crippen LogP contribution in [0.1, 0.15) is 0 Å². The zero-order valence-electron chi connectivity index (χ0n) is 31.9. The number of hydrogen-bond donors (Lipinski definition) is 0. The third kappa shape index (κ3) is 5.51. The summed E-state index contributed by atoms with van der Waals surface area (Å²) < 4.78 is 6.82. The van der Waals surface area contributed by atoms with Crippen molar-refractivity contribution in [3.05, 3.63) is 206 Å². The molecule has 0 saturated carbocycles. The predicted molar refractivity (Wildman–Crippen MR) is 247 cm³/mol. The molecule has 3 heteroatoms. The van der Waals surface area contributed by atoms with Crippen molar-refractivity contribution in [1.82, 2.24) is 9.97 Å². The minimum Gasteiger partial charge on any atom is -0.455 e. The largest absolute Gasteiger partial charge is 0.455 e. The van der Waals surface area contributed by atoms with E-state index < -0.39 is 0 Å². The van der Waals surface area contributed by atoms with E-state index in [-0.39, 0.29) is 0 Å². The summed E-state index contributed by atoms with van der Waals surface area (Å²) in [4.78, 5) is 10.1. The predicted octanol–water partition coefficient (Wildman–Crippen LogP) is 15.3. The van der Waals surface area contributed by atoms with Gasteiger partial charge in [0.05, 0.1) is 11.4 Å². The van der Waals surface area contributed by atoms with Gasteiger partial charge in [-0.2, -0.15) is 0 Å². The highest BCUT2D eigenvalue weighted by molar-refractivity contribution is 6.26. The molecular formula is C56H34N2O. The molecule has 0 unspecified atom stereocenters. The smallest absolute Gasteiger partial charge is 0.160 e. The van der Waals surface area contributed by atoms with Crippen molar-refractivity contribution in [3.8, 4) is 56.2 Å². The molecular weight excluding hydrogens is 717 g/mol. The standard InChI is InChI=1S/C56H34N2O/c1-3-14-35(15-4-1)52-34-53(58-56(57-52)36-16-5-2-6-17-36)40-19-13-18-37(30-40)38-26-29-47-51-33-49(45-24-11-12-25-48(45)55(51)59-54(47)32-38)39-27-28-46-43-22-8-7-20-41(43)42-21-9-10-23-44(42)50(46)31-39/h1-34H. The Labute approximate surface area is 340 Å². The molecule has 0 radical (unpaired) electrons. The molecule has 0 aliphatic heterocycles. The van der Waals surface area contributed by atoms with Gasteiger partial charge in [-0.05, 0) is 96.4 Å². The molecule has 12 aromatic rings. The van der Waals surface area contributed by atoms with E-state index in [1.807, 2.05) is 36.4 Å². The molecule has 0 saturated heterocycles. The third-order valence-corrected chi connectivity index (χ3v) is 11.9. The van der Waals surface area contributed by atoms with Gasteiger partial charge in [0, 0.05) is 32.8 Å². The van der Waals surface area contributed by atoms with Crippen LogP contribution < -0.4 is 0 Å². The Morgan fingerprint density at radius 1 is 0.271 bits per heavy atom. The molecule has 0 spiro atoms. The molecule has 0 bridgehead atoms. The minimum atomic E-state index is 0.702. The fourth-order valence-electron chi connectivity index (χ4n) is 9.02. The van der Waals surface area contributed by atoms with Gasteiger partial charge < -0.3 is 4.42 Å². The molecule has 59 heavy (non-hydrogen) atoms. The topological polar surface area (TPSA) is 38.9 Å². The number of hydrogen-bond acceptors (Lipinski definition) is 3. The first-order valence-electron chi connectivity index (χ1n) is 20.1. The Kier molecular flexibility index (Phi) is 7.54. The number of nitrogens with zero attached hydrogens (tertiary/aromatic N) is 2. The van der Waals surface area contributed by atoms with Crippen molar-refractivity contribution in [2.24, 2.45) is 0 Å². The van der Waals surface area contributed by atoms with Crippen LogP contribution in [0.3, 0.4) is 0 Å². The van der Waals surface area contributed by atoms with E-state index in [0.29, 0.717) is 5.82 Å². The Balaban J connectivity index is 0.988. The van der Waals surface area contributed by atoms with Gasteiger partial charge in [0.2, 0.25) is 0 Å². The molecule has 274 valence electrons. The molecule has 0 aliphatic rings. The highest BCUT2D eigenvalue weighted by Crippen LogP contribution is 2.43. The summed E-state index contributed by atoms with van der Waals surface area (Å²) in [5.41, 5.74) is 11.1. The van der Waals surface area contributed by atoms with Gasteiger partial charge in [0.25, 0.3) is 0 Å². The van der Waals surface area contributed by atoms with Crippen LogP contribution in [0.15, 0.2) is 211 Å². The summed E-state index contributed by atoms with van der Waals surface area (Å²) in [6.07, 6.45) is 0. The quantitative estimate of drug-likeness (QED) is 0.164. The van der Waals surface area contributed by atoms with Crippen LogP contribution >= 0.6 is 0 Å². The van der Waals surface area contributed by atoms with Gasteiger partial charge in [0.1, 0.15) is 11.2 Å². The van der Waals surface area contributed by atoms with Crippen molar-refractivity contribution in [2.75, 3.05) is 0 Å². The summed E-state index contributed by atoms with van der Waals surface area (Å²) in [6.45, 7) is 0. The average molecular weight is 751 g/mol. The first-order chi connectivity index (χ1) is 29.2. The van der Waals surface area contributed by atoms with Gasteiger partial charge in [0.15, 0.2) is 5.82 Å². The van der Waals surface area contributed by atoms with Crippen molar-refractivity contribution < 1.29 is 4.42 Å². The number of aromatic nitrogens is 2. The number of fused-ring (bicyclic) bond motifs is 11. The lowest BCUT2D eigenvalue weighted by Gasteiger charge is -2.13. The van der Waals surface area contributed by atoms with Crippen LogP contribution in [0.5, 0.6) is 0 Å². The summed E-state index contributed by atoms with van der Waals surface area (Å²) >= 11 is 0. The van der Waals surface area contributed by atoms with E-state index in [1.54, 1.807) is 0 Å². The second-order valence-corrected chi connectivity index (χ2v) is 15.3. The highest BCUT2D eigenvalue weighted by Gasteiger charge is 2.18. The van der Waals surface area contributed by atoms with Gasteiger partial charge >= 0.3 is 0 Å². The fourth-order valence-corrected chi connectivity index (χ4v) is 9.02. The zero-order valence-corrected chi connectivity index (χ0v) is 31.9. The van der Waals surface area contributed by atoms with Crippen molar-refractivity contribution in [2.45, 2.75) is 0 Å². The van der Waals surface area contributed by atoms with E-state index in [4.69, 9.17) is 14.4 Å². The fraction of sp³-hybridized carbons (Fsp3) is 0. The lowest BCUT2D eigenvalue weighted by molar-refractivity contribution is 0.673. The number of rotatable bonds is 5. The lowest BCUT2D eigenvalue weighted by atomic mass is 9.90. The Bertz CT molecular complexity index is 3510. The number of benzene rings is 10. The maximum Gasteiger partial charge on any atom is 0.160 e. The van der Waals surface area contributed by atoms with Crippen LogP contribution in [0.2, 0.25) is 0 Å². The maximum atomic E-state index is 6.82. The van der Waals surface area contributed by atoms with Crippen LogP contribution in [-0.2, 0) is 0 Å². The second-order valence-electron chi connectivity index (χ2n) is 15.3. The summed E-state index contributed by atoms with van der Waals surface area (Å²) in [7, 11) is 0. The average Bonchev–Trinajstić information content (AvgIpc) is 3.70. The molecule has 0 N–H and O–H groups in total. The van der Waals surface area contributed by atoms with Crippen molar-refractivity contribution in [1.29, 1.82) is 0 Å². The van der Waals surface area contributed by atoms with Crippen molar-refractivity contribution in [3.63, 3.8) is 0 Å². The Hall–Kier alpha value is -7.88. The Morgan fingerprint density at radius 3 is 1.49 bits per heavy atom. The van der Waals surface area contributed by atoms with Gasteiger partial charge in [-0.15, -0.1) is 0 Å². The van der Waals surface area contributed by atoms with Crippen LogP contribution in [0, 0.1) is 0 Å². The summed E-state index contributed by atoms with van der Waals surface area (Å²) in [6, 6.07) is 73.3. The summed E-state index contributed by atoms with van der Waals surface area (Å²) in [5, 5.41) is 12.1. The molecule has 0 atom stereocenters. The Morgan fingerprint density at radius 2 is 0.780 bits per heavy atom. The molecule has 10 aromatic carbocycles. The molecule has 3 nitrogen and oxygen atoms in total. The first-order valence-corrected chi connectivity index (χ1v) is 20.1. The monoisotopic (exact) mass is 750 g/mol. The van der Waals surface area contributed by atoms with Crippen LogP contribution in [-0.4, -0.2) is 9.97 Å². The van der Waals surface area contributed by atoms with Gasteiger partial charge in [-0.25, -0.2) is 9.97 Å². The van der Waals surface area contributed by atoms with E-state index in [1.165, 1.54) is 48.8 Å². The molecule has 0 aliphatic carbocycles. The SMILES string of the molecule is c1ccc(-c2cc(-c3cccc(-c4ccc5c(c4)oc4c6ccccc6c(-c6ccc7c8ccccc8c8ccccc8c7c6)cc54)c3)nc(-c3ccccc3)n2)cc1. The maximum absolute atomic E-state index is 6.82. The molecule has 12 rings (SSSR count). The van der Waals surface area contributed by atoms with E-state index in [2.05, 4.69) is 170 Å². The molecule has 0 fully saturated rings. The van der Waals surface area contributed by atoms with E-state index in [0.717, 1.165) is 66.5 Å². The normalized spacial score (nSPS) is 11.7. The summed E-state index contributed by atoms with van der Waals surface area (Å²) in [5.74, 6) is 0.702.